The van der Waals surface area contributed by atoms with Gasteiger partial charge in [0, 0.05) is 6.54 Å². The van der Waals surface area contributed by atoms with Crippen molar-refractivity contribution < 1.29 is 5.11 Å². The highest BCUT2D eigenvalue weighted by molar-refractivity contribution is 4.55. The molecule has 0 amide bonds. The smallest absolute Gasteiger partial charge is 0.0524 e. The minimum atomic E-state index is -0.185. The summed E-state index contributed by atoms with van der Waals surface area (Å²) >= 11 is 0. The van der Waals surface area contributed by atoms with Gasteiger partial charge in [0.05, 0.1) is 6.10 Å². The third kappa shape index (κ3) is 7.78. The van der Waals surface area contributed by atoms with Crippen molar-refractivity contribution in [3.63, 3.8) is 0 Å². The third-order valence-corrected chi connectivity index (χ3v) is 1.67. The van der Waals surface area contributed by atoms with Gasteiger partial charge in [-0.2, -0.15) is 0 Å². The number of rotatable bonds is 6. The molecular weight excluding hydrogens is 140 g/mol. The number of nitrogens with two attached hydrogens (primary N) is 1. The van der Waals surface area contributed by atoms with E-state index in [2.05, 4.69) is 11.9 Å². The Morgan fingerprint density at radius 2 is 2.09 bits per heavy atom. The molecular formula is C8H20N2O. The summed E-state index contributed by atoms with van der Waals surface area (Å²) in [6.45, 7) is 4.55. The van der Waals surface area contributed by atoms with Crippen LogP contribution in [-0.4, -0.2) is 42.8 Å². The molecule has 0 aliphatic rings. The summed E-state index contributed by atoms with van der Waals surface area (Å²) in [5.41, 5.74) is 5.36. The second-order valence-corrected chi connectivity index (χ2v) is 3.08. The molecule has 0 radical (unpaired) electrons. The van der Waals surface area contributed by atoms with Gasteiger partial charge in [0.1, 0.15) is 0 Å². The maximum atomic E-state index is 8.98. The van der Waals surface area contributed by atoms with Crippen LogP contribution in [-0.2, 0) is 0 Å². The molecule has 0 spiro atoms. The van der Waals surface area contributed by atoms with Gasteiger partial charge in [-0.05, 0) is 39.9 Å². The molecule has 0 heterocycles. The van der Waals surface area contributed by atoms with Crippen molar-refractivity contribution in [2.75, 3.05) is 26.7 Å². The zero-order valence-corrected chi connectivity index (χ0v) is 7.58. The monoisotopic (exact) mass is 160 g/mol. The second kappa shape index (κ2) is 6.58. The van der Waals surface area contributed by atoms with Crippen LogP contribution in [0, 0.1) is 0 Å². The fraction of sp³-hybridized carbons (Fsp3) is 1.00. The molecule has 0 aromatic rings. The van der Waals surface area contributed by atoms with Gasteiger partial charge in [0.25, 0.3) is 0 Å². The first kappa shape index (κ1) is 10.9. The van der Waals surface area contributed by atoms with Crippen LogP contribution >= 0.6 is 0 Å². The maximum absolute atomic E-state index is 8.98. The van der Waals surface area contributed by atoms with Crippen molar-refractivity contribution in [1.82, 2.24) is 4.90 Å². The van der Waals surface area contributed by atoms with Gasteiger partial charge in [0.15, 0.2) is 0 Å². The zero-order valence-electron chi connectivity index (χ0n) is 7.58. The van der Waals surface area contributed by atoms with Gasteiger partial charge in [-0.3, -0.25) is 0 Å². The quantitative estimate of drug-likeness (QED) is 0.576. The van der Waals surface area contributed by atoms with Gasteiger partial charge in [-0.15, -0.1) is 0 Å². The Hall–Kier alpha value is -0.120. The molecule has 0 aliphatic heterocycles. The second-order valence-electron chi connectivity index (χ2n) is 3.08. The van der Waals surface area contributed by atoms with E-state index in [-0.39, 0.29) is 6.10 Å². The molecule has 0 fully saturated rings. The Morgan fingerprint density at radius 3 is 2.55 bits per heavy atom. The summed E-state index contributed by atoms with van der Waals surface area (Å²) in [5, 5.41) is 8.98. The molecule has 0 aromatic carbocycles. The Kier molecular flexibility index (Phi) is 6.51. The summed E-state index contributed by atoms with van der Waals surface area (Å²) in [7, 11) is 2.05. The molecule has 1 atom stereocenters. The molecule has 0 unspecified atom stereocenters. The SMILES string of the molecule is C[C@H](O)CCN(C)CCCN. The predicted molar refractivity (Wildman–Crippen MR) is 47.5 cm³/mol. The van der Waals surface area contributed by atoms with E-state index in [1.807, 2.05) is 6.92 Å². The highest BCUT2D eigenvalue weighted by Crippen LogP contribution is 1.93. The van der Waals surface area contributed by atoms with E-state index in [1.165, 1.54) is 0 Å². The van der Waals surface area contributed by atoms with Crippen molar-refractivity contribution >= 4 is 0 Å². The fourth-order valence-corrected chi connectivity index (χ4v) is 0.880. The predicted octanol–water partition coefficient (Wildman–Crippen LogP) is 0.0379. The largest absolute Gasteiger partial charge is 0.393 e. The van der Waals surface area contributed by atoms with Gasteiger partial charge in [0.2, 0.25) is 0 Å². The van der Waals surface area contributed by atoms with E-state index in [1.54, 1.807) is 0 Å². The summed E-state index contributed by atoms with van der Waals surface area (Å²) in [4.78, 5) is 2.19. The van der Waals surface area contributed by atoms with E-state index in [0.717, 1.165) is 32.5 Å². The lowest BCUT2D eigenvalue weighted by molar-refractivity contribution is 0.164. The lowest BCUT2D eigenvalue weighted by Gasteiger charge is -2.16. The molecule has 0 aliphatic carbocycles. The summed E-state index contributed by atoms with van der Waals surface area (Å²) in [6.07, 6.45) is 1.70. The first-order valence-electron chi connectivity index (χ1n) is 4.23. The summed E-state index contributed by atoms with van der Waals surface area (Å²) in [6, 6.07) is 0. The maximum Gasteiger partial charge on any atom is 0.0524 e. The zero-order chi connectivity index (χ0) is 8.69. The van der Waals surface area contributed by atoms with Crippen LogP contribution in [0.2, 0.25) is 0 Å². The average Bonchev–Trinajstić information content (AvgIpc) is 1.97. The van der Waals surface area contributed by atoms with Crippen LogP contribution in [0.25, 0.3) is 0 Å². The van der Waals surface area contributed by atoms with Crippen LogP contribution in [0.1, 0.15) is 19.8 Å². The topological polar surface area (TPSA) is 49.5 Å². The van der Waals surface area contributed by atoms with Gasteiger partial charge >= 0.3 is 0 Å². The summed E-state index contributed by atoms with van der Waals surface area (Å²) in [5.74, 6) is 0. The first-order valence-corrected chi connectivity index (χ1v) is 4.23. The van der Waals surface area contributed by atoms with Crippen molar-refractivity contribution in [1.29, 1.82) is 0 Å². The normalized spacial score (nSPS) is 13.9. The van der Waals surface area contributed by atoms with Crippen LogP contribution in [0.15, 0.2) is 0 Å². The summed E-state index contributed by atoms with van der Waals surface area (Å²) < 4.78 is 0. The van der Waals surface area contributed by atoms with Crippen molar-refractivity contribution in [2.24, 2.45) is 5.73 Å². The number of hydrogen-bond donors (Lipinski definition) is 2. The van der Waals surface area contributed by atoms with Gasteiger partial charge < -0.3 is 15.7 Å². The van der Waals surface area contributed by atoms with Crippen LogP contribution in [0.5, 0.6) is 0 Å². The van der Waals surface area contributed by atoms with Crippen LogP contribution in [0.3, 0.4) is 0 Å². The molecule has 3 nitrogen and oxygen atoms in total. The number of hydrogen-bond acceptors (Lipinski definition) is 3. The fourth-order valence-electron chi connectivity index (χ4n) is 0.880. The lowest BCUT2D eigenvalue weighted by Crippen LogP contribution is -2.25. The van der Waals surface area contributed by atoms with E-state index in [9.17, 15) is 0 Å². The molecule has 0 bridgehead atoms. The Balaban J connectivity index is 3.15. The van der Waals surface area contributed by atoms with Gasteiger partial charge in [-0.25, -0.2) is 0 Å². The molecule has 68 valence electrons. The minimum absolute atomic E-state index is 0.185. The highest BCUT2D eigenvalue weighted by Gasteiger charge is 1.99. The van der Waals surface area contributed by atoms with Crippen molar-refractivity contribution in [3.8, 4) is 0 Å². The number of aliphatic hydroxyl groups excluding tert-OH is 1. The minimum Gasteiger partial charge on any atom is -0.393 e. The Labute approximate surface area is 69.2 Å². The Bertz CT molecular complexity index is 86.2. The molecule has 3 heteroatoms. The number of nitrogens with zero attached hydrogens (tertiary/aromatic N) is 1. The third-order valence-electron chi connectivity index (χ3n) is 1.67. The highest BCUT2D eigenvalue weighted by atomic mass is 16.3. The lowest BCUT2D eigenvalue weighted by atomic mass is 10.2. The average molecular weight is 160 g/mol. The molecule has 0 saturated heterocycles. The number of aliphatic hydroxyl groups is 1. The van der Waals surface area contributed by atoms with Crippen LogP contribution < -0.4 is 5.73 Å². The van der Waals surface area contributed by atoms with Gasteiger partial charge in [-0.1, -0.05) is 0 Å². The van der Waals surface area contributed by atoms with E-state index >= 15 is 0 Å². The molecule has 3 N–H and O–H groups in total. The first-order chi connectivity index (χ1) is 5.16. The molecule has 0 saturated carbocycles. The van der Waals surface area contributed by atoms with Crippen molar-refractivity contribution in [3.05, 3.63) is 0 Å². The van der Waals surface area contributed by atoms with E-state index in [0.29, 0.717) is 0 Å². The van der Waals surface area contributed by atoms with Crippen LogP contribution in [0.4, 0.5) is 0 Å². The van der Waals surface area contributed by atoms with E-state index in [4.69, 9.17) is 10.8 Å². The standard InChI is InChI=1S/C8H20N2O/c1-8(11)4-7-10(2)6-3-5-9/h8,11H,3-7,9H2,1-2H3/t8-/m0/s1. The van der Waals surface area contributed by atoms with E-state index < -0.39 is 0 Å². The molecule has 11 heavy (non-hydrogen) atoms. The molecule has 0 aromatic heterocycles. The Morgan fingerprint density at radius 1 is 1.45 bits per heavy atom. The molecule has 0 rings (SSSR count). The van der Waals surface area contributed by atoms with Crippen molar-refractivity contribution in [2.45, 2.75) is 25.9 Å².